The molecule has 116 valence electrons. The first kappa shape index (κ1) is 14.3. The fraction of sp³-hybridized carbons (Fsp3) is 0.273. The quantitative estimate of drug-likeness (QED) is 0.688. The first-order chi connectivity index (χ1) is 11.2. The minimum Gasteiger partial charge on any atom is -0.358 e. The summed E-state index contributed by atoms with van der Waals surface area (Å²) in [7, 11) is 0. The summed E-state index contributed by atoms with van der Waals surface area (Å²) in [4.78, 5) is 0. The average Bonchev–Trinajstić information content (AvgIpc) is 2.59. The standard InChI is InChI=1S/C22H23N/c1-3-15(2)16-8-11-20(12-9-16)23-22-14-19-10-13-21(22)18-6-4-17(19)5-7-18/h4-15,19,21,23H,3H2,1-2H3. The fourth-order valence-corrected chi connectivity index (χ4v) is 3.53. The summed E-state index contributed by atoms with van der Waals surface area (Å²) in [5.74, 6) is 1.36. The highest BCUT2D eigenvalue weighted by Gasteiger charge is 2.24. The second kappa shape index (κ2) is 5.73. The van der Waals surface area contributed by atoms with Gasteiger partial charge in [0, 0.05) is 23.2 Å². The predicted molar refractivity (Wildman–Crippen MR) is 97.9 cm³/mol. The van der Waals surface area contributed by atoms with Gasteiger partial charge in [-0.05, 0) is 41.2 Å². The zero-order valence-corrected chi connectivity index (χ0v) is 13.8. The second-order valence-corrected chi connectivity index (χ2v) is 6.73. The number of hydrogen-bond acceptors (Lipinski definition) is 1. The third-order valence-corrected chi connectivity index (χ3v) is 5.27. The van der Waals surface area contributed by atoms with Crippen molar-refractivity contribution in [1.82, 2.24) is 0 Å². The number of allylic oxidation sites excluding steroid dienone is 3. The first-order valence-electron chi connectivity index (χ1n) is 8.61. The Balaban J connectivity index is 1.59. The zero-order valence-electron chi connectivity index (χ0n) is 13.8. The minimum absolute atomic E-state index is 0.342. The van der Waals surface area contributed by atoms with Crippen LogP contribution in [0.1, 0.15) is 54.7 Å². The smallest absolute Gasteiger partial charge is 0.0418 e. The van der Waals surface area contributed by atoms with Gasteiger partial charge >= 0.3 is 0 Å². The van der Waals surface area contributed by atoms with Crippen molar-refractivity contribution < 1.29 is 0 Å². The third-order valence-electron chi connectivity index (χ3n) is 5.27. The van der Waals surface area contributed by atoms with Gasteiger partial charge in [0.1, 0.15) is 0 Å². The molecular formula is C22H23N. The Morgan fingerprint density at radius 2 is 1.61 bits per heavy atom. The Bertz CT molecular complexity index is 750. The summed E-state index contributed by atoms with van der Waals surface area (Å²) in [6.45, 7) is 4.52. The van der Waals surface area contributed by atoms with Crippen molar-refractivity contribution in [3.05, 3.63) is 89.1 Å². The number of rotatable bonds is 4. The molecule has 23 heavy (non-hydrogen) atoms. The van der Waals surface area contributed by atoms with Crippen LogP contribution in [0.25, 0.3) is 0 Å². The highest BCUT2D eigenvalue weighted by molar-refractivity contribution is 5.56. The number of benzene rings is 2. The van der Waals surface area contributed by atoms with Crippen LogP contribution >= 0.6 is 0 Å². The second-order valence-electron chi connectivity index (χ2n) is 6.73. The van der Waals surface area contributed by atoms with Crippen LogP contribution in [0, 0.1) is 0 Å². The van der Waals surface area contributed by atoms with E-state index in [0.717, 1.165) is 0 Å². The highest BCUT2D eigenvalue weighted by Crippen LogP contribution is 2.39. The van der Waals surface area contributed by atoms with Crippen LogP contribution in [-0.4, -0.2) is 0 Å². The maximum absolute atomic E-state index is 3.66. The molecule has 0 saturated heterocycles. The van der Waals surface area contributed by atoms with Gasteiger partial charge in [0.2, 0.25) is 0 Å². The molecule has 1 N–H and O–H groups in total. The molecule has 3 atom stereocenters. The van der Waals surface area contributed by atoms with E-state index in [-0.39, 0.29) is 0 Å². The van der Waals surface area contributed by atoms with Gasteiger partial charge in [-0.15, -0.1) is 0 Å². The molecule has 0 amide bonds. The van der Waals surface area contributed by atoms with Crippen LogP contribution in [0.2, 0.25) is 0 Å². The maximum Gasteiger partial charge on any atom is 0.0418 e. The lowest BCUT2D eigenvalue weighted by Crippen LogP contribution is -2.16. The Morgan fingerprint density at radius 1 is 0.913 bits per heavy atom. The summed E-state index contributed by atoms with van der Waals surface area (Å²) < 4.78 is 0. The molecule has 4 bridgehead atoms. The Morgan fingerprint density at radius 3 is 2.30 bits per heavy atom. The molecule has 0 radical (unpaired) electrons. The molecule has 7 rings (SSSR count). The summed E-state index contributed by atoms with van der Waals surface area (Å²) >= 11 is 0. The van der Waals surface area contributed by atoms with Gasteiger partial charge in [-0.1, -0.05) is 68.5 Å². The molecule has 0 aromatic heterocycles. The normalized spacial score (nSPS) is 22.4. The SMILES string of the molecule is CCC(C)c1ccc(NC2=CC3C=CC2c2ccc3cc2)cc1. The van der Waals surface area contributed by atoms with Crippen LogP contribution < -0.4 is 5.32 Å². The van der Waals surface area contributed by atoms with Gasteiger partial charge in [-0.3, -0.25) is 0 Å². The van der Waals surface area contributed by atoms with Gasteiger partial charge < -0.3 is 5.32 Å². The van der Waals surface area contributed by atoms with E-state index in [0.29, 0.717) is 17.8 Å². The molecule has 0 spiro atoms. The third kappa shape index (κ3) is 2.61. The van der Waals surface area contributed by atoms with Gasteiger partial charge in [0.25, 0.3) is 0 Å². The number of anilines is 1. The van der Waals surface area contributed by atoms with Crippen LogP contribution in [0.5, 0.6) is 0 Å². The van der Waals surface area contributed by atoms with E-state index >= 15 is 0 Å². The van der Waals surface area contributed by atoms with Crippen LogP contribution in [0.15, 0.2) is 72.5 Å². The van der Waals surface area contributed by atoms with Gasteiger partial charge in [-0.25, -0.2) is 0 Å². The van der Waals surface area contributed by atoms with E-state index in [1.807, 2.05) is 0 Å². The molecule has 0 heterocycles. The molecule has 1 heteroatoms. The molecule has 0 saturated carbocycles. The van der Waals surface area contributed by atoms with Gasteiger partial charge in [0.15, 0.2) is 0 Å². The molecule has 2 aromatic carbocycles. The van der Waals surface area contributed by atoms with E-state index in [1.165, 1.54) is 34.5 Å². The Labute approximate surface area is 138 Å². The Kier molecular flexibility index (Phi) is 3.57. The van der Waals surface area contributed by atoms with Crippen molar-refractivity contribution in [2.75, 3.05) is 5.32 Å². The lowest BCUT2D eigenvalue weighted by atomic mass is 9.80. The van der Waals surface area contributed by atoms with Crippen LogP contribution in [0.3, 0.4) is 0 Å². The topological polar surface area (TPSA) is 12.0 Å². The van der Waals surface area contributed by atoms with Crippen molar-refractivity contribution in [2.24, 2.45) is 0 Å². The van der Waals surface area contributed by atoms with Crippen molar-refractivity contribution in [3.8, 4) is 0 Å². The summed E-state index contributed by atoms with van der Waals surface area (Å²) in [6.07, 6.45) is 8.21. The molecule has 3 unspecified atom stereocenters. The van der Waals surface area contributed by atoms with E-state index in [9.17, 15) is 0 Å². The average molecular weight is 301 g/mol. The van der Waals surface area contributed by atoms with E-state index in [4.69, 9.17) is 0 Å². The minimum atomic E-state index is 0.342. The number of nitrogens with one attached hydrogen (secondary N) is 1. The molecule has 0 aliphatic heterocycles. The molecule has 0 fully saturated rings. The molecule has 5 aliphatic carbocycles. The molecular weight excluding hydrogens is 278 g/mol. The zero-order chi connectivity index (χ0) is 15.8. The lowest BCUT2D eigenvalue weighted by molar-refractivity contribution is 0.734. The fourth-order valence-electron chi connectivity index (χ4n) is 3.53. The monoisotopic (exact) mass is 301 g/mol. The van der Waals surface area contributed by atoms with Crippen molar-refractivity contribution in [3.63, 3.8) is 0 Å². The maximum atomic E-state index is 3.66. The van der Waals surface area contributed by atoms with Crippen LogP contribution in [0.4, 0.5) is 5.69 Å². The Hall–Kier alpha value is -2.28. The highest BCUT2D eigenvalue weighted by atomic mass is 14.9. The van der Waals surface area contributed by atoms with E-state index < -0.39 is 0 Å². The summed E-state index contributed by atoms with van der Waals surface area (Å²) in [6, 6.07) is 18.0. The van der Waals surface area contributed by atoms with E-state index in [1.54, 1.807) is 0 Å². The number of hydrogen-bond donors (Lipinski definition) is 1. The van der Waals surface area contributed by atoms with Crippen molar-refractivity contribution in [2.45, 2.75) is 38.0 Å². The summed E-state index contributed by atoms with van der Waals surface area (Å²) in [5.41, 5.74) is 6.63. The van der Waals surface area contributed by atoms with Crippen molar-refractivity contribution in [1.29, 1.82) is 0 Å². The molecule has 1 nitrogen and oxygen atoms in total. The lowest BCUT2D eigenvalue weighted by Gasteiger charge is -2.29. The largest absolute Gasteiger partial charge is 0.358 e. The first-order valence-corrected chi connectivity index (χ1v) is 8.61. The summed E-state index contributed by atoms with van der Waals surface area (Å²) in [5, 5.41) is 3.66. The van der Waals surface area contributed by atoms with Crippen LogP contribution in [-0.2, 0) is 0 Å². The van der Waals surface area contributed by atoms with Gasteiger partial charge in [0.05, 0.1) is 0 Å². The predicted octanol–water partition coefficient (Wildman–Crippen LogP) is 5.95. The molecule has 2 aromatic rings. The van der Waals surface area contributed by atoms with E-state index in [2.05, 4.69) is 85.9 Å². The molecule has 5 aliphatic rings. The van der Waals surface area contributed by atoms with Gasteiger partial charge in [-0.2, -0.15) is 0 Å². The van der Waals surface area contributed by atoms with Crippen molar-refractivity contribution >= 4 is 5.69 Å².